The molecule has 0 aliphatic carbocycles. The maximum atomic E-state index is 12.2. The minimum atomic E-state index is 0. The van der Waals surface area contributed by atoms with E-state index in [2.05, 4.69) is 5.32 Å². The van der Waals surface area contributed by atoms with Crippen LogP contribution in [0.1, 0.15) is 35.6 Å². The Balaban J connectivity index is 0.00000133. The van der Waals surface area contributed by atoms with Gasteiger partial charge in [-0.25, -0.2) is 0 Å². The molecule has 5 heteroatoms. The van der Waals surface area contributed by atoms with Crippen LogP contribution in [0.15, 0.2) is 16.5 Å². The highest BCUT2D eigenvalue weighted by molar-refractivity contribution is 5.91. The predicted molar refractivity (Wildman–Crippen MR) is 75.8 cm³/mol. The molecule has 2 fully saturated rings. The van der Waals surface area contributed by atoms with E-state index in [1.165, 1.54) is 6.42 Å². The Bertz CT molecular complexity index is 442. The van der Waals surface area contributed by atoms with Gasteiger partial charge in [0.2, 0.25) is 0 Å². The maximum Gasteiger partial charge on any atom is 0.289 e. The number of rotatable bonds is 1. The summed E-state index contributed by atoms with van der Waals surface area (Å²) in [7, 11) is 0. The fourth-order valence-corrected chi connectivity index (χ4v) is 3.11. The standard InChI is InChI=1S/C14H20N2O2.ClH/c1-11-2-3-12(18-11)13(17)16-8-5-14(6-9-16)4-7-15-10-14;/h2-3,15H,4-10H2,1H3;1H. The molecule has 2 aliphatic rings. The van der Waals surface area contributed by atoms with Crippen LogP contribution in [0.5, 0.6) is 0 Å². The van der Waals surface area contributed by atoms with Gasteiger partial charge in [-0.15, -0.1) is 12.4 Å². The van der Waals surface area contributed by atoms with Crippen LogP contribution in [-0.4, -0.2) is 37.0 Å². The Morgan fingerprint density at radius 3 is 2.58 bits per heavy atom. The third-order valence-corrected chi connectivity index (χ3v) is 4.39. The van der Waals surface area contributed by atoms with Crippen molar-refractivity contribution in [3.05, 3.63) is 23.7 Å². The van der Waals surface area contributed by atoms with Gasteiger partial charge in [0.1, 0.15) is 5.76 Å². The van der Waals surface area contributed by atoms with Crippen LogP contribution >= 0.6 is 12.4 Å². The number of furan rings is 1. The number of nitrogens with one attached hydrogen (secondary N) is 1. The summed E-state index contributed by atoms with van der Waals surface area (Å²) in [5.74, 6) is 1.32. The van der Waals surface area contributed by atoms with Gasteiger partial charge >= 0.3 is 0 Å². The number of hydrogen-bond donors (Lipinski definition) is 1. The molecular weight excluding hydrogens is 264 g/mol. The molecule has 1 spiro atoms. The Labute approximate surface area is 119 Å². The minimum absolute atomic E-state index is 0. The molecule has 0 aromatic carbocycles. The molecule has 0 atom stereocenters. The van der Waals surface area contributed by atoms with Crippen LogP contribution in [0.4, 0.5) is 0 Å². The van der Waals surface area contributed by atoms with Crippen LogP contribution in [0.25, 0.3) is 0 Å². The lowest BCUT2D eigenvalue weighted by atomic mass is 9.78. The Morgan fingerprint density at radius 2 is 2.05 bits per heavy atom. The first-order valence-corrected chi connectivity index (χ1v) is 6.75. The fraction of sp³-hybridized carbons (Fsp3) is 0.643. The summed E-state index contributed by atoms with van der Waals surface area (Å²) >= 11 is 0. The summed E-state index contributed by atoms with van der Waals surface area (Å²) in [4.78, 5) is 14.2. The molecule has 1 aromatic heterocycles. The molecule has 1 aromatic rings. The summed E-state index contributed by atoms with van der Waals surface area (Å²) in [6.45, 7) is 5.84. The molecule has 3 heterocycles. The van der Waals surface area contributed by atoms with E-state index in [-0.39, 0.29) is 18.3 Å². The molecule has 1 amide bonds. The van der Waals surface area contributed by atoms with Crippen molar-refractivity contribution in [1.29, 1.82) is 0 Å². The second-order valence-corrected chi connectivity index (χ2v) is 5.63. The van der Waals surface area contributed by atoms with Crippen LogP contribution in [0.3, 0.4) is 0 Å². The molecule has 19 heavy (non-hydrogen) atoms. The Kier molecular flexibility index (Phi) is 4.21. The van der Waals surface area contributed by atoms with E-state index in [1.54, 1.807) is 6.07 Å². The van der Waals surface area contributed by atoms with Crippen molar-refractivity contribution in [3.8, 4) is 0 Å². The summed E-state index contributed by atoms with van der Waals surface area (Å²) in [5, 5.41) is 3.44. The second kappa shape index (κ2) is 5.55. The molecular formula is C14H21ClN2O2. The highest BCUT2D eigenvalue weighted by Gasteiger charge is 2.38. The first-order chi connectivity index (χ1) is 8.69. The van der Waals surface area contributed by atoms with Crippen molar-refractivity contribution >= 4 is 18.3 Å². The first kappa shape index (κ1) is 14.4. The summed E-state index contributed by atoms with van der Waals surface area (Å²) < 4.78 is 5.41. The number of likely N-dealkylation sites (tertiary alicyclic amines) is 1. The molecule has 0 radical (unpaired) electrons. The van der Waals surface area contributed by atoms with Gasteiger partial charge in [0, 0.05) is 19.6 Å². The zero-order chi connectivity index (χ0) is 12.6. The molecule has 106 valence electrons. The topological polar surface area (TPSA) is 45.5 Å². The van der Waals surface area contributed by atoms with Gasteiger partial charge in [0.15, 0.2) is 5.76 Å². The van der Waals surface area contributed by atoms with Gasteiger partial charge in [-0.2, -0.15) is 0 Å². The number of amides is 1. The number of piperidine rings is 1. The summed E-state index contributed by atoms with van der Waals surface area (Å²) in [6.07, 6.45) is 3.49. The van der Waals surface area contributed by atoms with E-state index in [1.807, 2.05) is 17.9 Å². The molecule has 0 bridgehead atoms. The average Bonchev–Trinajstić information content (AvgIpc) is 3.00. The number of halogens is 1. The van der Waals surface area contributed by atoms with Crippen LogP contribution < -0.4 is 5.32 Å². The molecule has 1 N–H and O–H groups in total. The molecule has 0 unspecified atom stereocenters. The van der Waals surface area contributed by atoms with E-state index >= 15 is 0 Å². The van der Waals surface area contributed by atoms with Crippen molar-refractivity contribution in [2.24, 2.45) is 5.41 Å². The highest BCUT2D eigenvalue weighted by atomic mass is 35.5. The fourth-order valence-electron chi connectivity index (χ4n) is 3.11. The van der Waals surface area contributed by atoms with Gasteiger partial charge in [0.25, 0.3) is 5.91 Å². The van der Waals surface area contributed by atoms with Crippen molar-refractivity contribution in [1.82, 2.24) is 10.2 Å². The van der Waals surface area contributed by atoms with Gasteiger partial charge in [-0.3, -0.25) is 4.79 Å². The van der Waals surface area contributed by atoms with Crippen LogP contribution in [-0.2, 0) is 0 Å². The number of aryl methyl sites for hydroxylation is 1. The molecule has 2 aliphatic heterocycles. The van der Waals surface area contributed by atoms with E-state index in [9.17, 15) is 4.79 Å². The molecule has 2 saturated heterocycles. The highest BCUT2D eigenvalue weighted by Crippen LogP contribution is 2.37. The van der Waals surface area contributed by atoms with Crippen LogP contribution in [0, 0.1) is 12.3 Å². The van der Waals surface area contributed by atoms with Crippen LogP contribution in [0.2, 0.25) is 0 Å². The average molecular weight is 285 g/mol. The lowest BCUT2D eigenvalue weighted by Crippen LogP contribution is -2.43. The molecule has 4 nitrogen and oxygen atoms in total. The smallest absolute Gasteiger partial charge is 0.289 e. The lowest BCUT2D eigenvalue weighted by Gasteiger charge is -2.38. The monoisotopic (exact) mass is 284 g/mol. The Hall–Kier alpha value is -1.00. The van der Waals surface area contributed by atoms with Crippen molar-refractivity contribution in [2.75, 3.05) is 26.2 Å². The third kappa shape index (κ3) is 2.79. The number of carbonyl (C=O) groups is 1. The SMILES string of the molecule is Cc1ccc(C(=O)N2CCC3(CCNC3)CC2)o1.Cl. The Morgan fingerprint density at radius 1 is 1.32 bits per heavy atom. The lowest BCUT2D eigenvalue weighted by molar-refractivity contribution is 0.0576. The number of hydrogen-bond acceptors (Lipinski definition) is 3. The summed E-state index contributed by atoms with van der Waals surface area (Å²) in [6, 6.07) is 3.62. The predicted octanol–water partition coefficient (Wildman–Crippen LogP) is 2.23. The molecule has 0 saturated carbocycles. The zero-order valence-electron chi connectivity index (χ0n) is 11.3. The van der Waals surface area contributed by atoms with Gasteiger partial charge in [-0.05, 0) is 50.3 Å². The quantitative estimate of drug-likeness (QED) is 0.860. The zero-order valence-corrected chi connectivity index (χ0v) is 12.1. The largest absolute Gasteiger partial charge is 0.456 e. The second-order valence-electron chi connectivity index (χ2n) is 5.63. The first-order valence-electron chi connectivity index (χ1n) is 6.75. The van der Waals surface area contributed by atoms with E-state index in [4.69, 9.17) is 4.42 Å². The van der Waals surface area contributed by atoms with Gasteiger partial charge < -0.3 is 14.6 Å². The van der Waals surface area contributed by atoms with E-state index in [0.29, 0.717) is 11.2 Å². The van der Waals surface area contributed by atoms with Crippen molar-refractivity contribution in [2.45, 2.75) is 26.2 Å². The minimum Gasteiger partial charge on any atom is -0.456 e. The molecule has 3 rings (SSSR count). The van der Waals surface area contributed by atoms with Crippen molar-refractivity contribution < 1.29 is 9.21 Å². The van der Waals surface area contributed by atoms with Gasteiger partial charge in [-0.1, -0.05) is 0 Å². The summed E-state index contributed by atoms with van der Waals surface area (Å²) in [5.41, 5.74) is 0.454. The maximum absolute atomic E-state index is 12.2. The number of carbonyl (C=O) groups excluding carboxylic acids is 1. The van der Waals surface area contributed by atoms with E-state index in [0.717, 1.165) is 44.8 Å². The normalized spacial score (nSPS) is 21.4. The number of nitrogens with zero attached hydrogens (tertiary/aromatic N) is 1. The van der Waals surface area contributed by atoms with E-state index < -0.39 is 0 Å². The van der Waals surface area contributed by atoms with Crippen molar-refractivity contribution in [3.63, 3.8) is 0 Å². The van der Waals surface area contributed by atoms with Gasteiger partial charge in [0.05, 0.1) is 0 Å². The third-order valence-electron chi connectivity index (χ3n) is 4.39.